The third-order valence-corrected chi connectivity index (χ3v) is 3.60. The van der Waals surface area contributed by atoms with E-state index in [1.165, 1.54) is 17.4 Å². The number of thiazole rings is 1. The van der Waals surface area contributed by atoms with Crippen molar-refractivity contribution < 1.29 is 4.92 Å². The number of hydrogen-bond donors (Lipinski definition) is 1. The van der Waals surface area contributed by atoms with Crippen molar-refractivity contribution in [2.24, 2.45) is 0 Å². The van der Waals surface area contributed by atoms with E-state index in [9.17, 15) is 10.1 Å². The van der Waals surface area contributed by atoms with E-state index in [4.69, 9.17) is 0 Å². The van der Waals surface area contributed by atoms with Crippen LogP contribution in [-0.2, 0) is 6.54 Å². The first kappa shape index (κ1) is 13.6. The Morgan fingerprint density at radius 3 is 2.84 bits per heavy atom. The number of nitro benzene ring substituents is 1. The predicted octanol–water partition coefficient (Wildman–Crippen LogP) is 3.22. The maximum atomic E-state index is 11.0. The van der Waals surface area contributed by atoms with E-state index in [0.717, 1.165) is 11.4 Å². The molecule has 2 aromatic rings. The second kappa shape index (κ2) is 5.90. The second-order valence-corrected chi connectivity index (χ2v) is 5.56. The fourth-order valence-corrected chi connectivity index (χ4v) is 2.53. The van der Waals surface area contributed by atoms with Crippen molar-refractivity contribution in [3.8, 4) is 10.6 Å². The van der Waals surface area contributed by atoms with Gasteiger partial charge >= 0.3 is 0 Å². The highest BCUT2D eigenvalue weighted by Crippen LogP contribution is 2.32. The highest BCUT2D eigenvalue weighted by molar-refractivity contribution is 7.15. The van der Waals surface area contributed by atoms with Gasteiger partial charge in [0.05, 0.1) is 10.5 Å². The maximum Gasteiger partial charge on any atom is 0.279 e. The Bertz CT molecular complexity index is 581. The molecule has 0 aliphatic rings. The van der Waals surface area contributed by atoms with Gasteiger partial charge in [-0.2, -0.15) is 0 Å². The SMILES string of the molecule is CC(C)NCc1cnc(-c2ccccc2[N+](=O)[O-])s1. The molecule has 0 bridgehead atoms. The van der Waals surface area contributed by atoms with Gasteiger partial charge in [0.1, 0.15) is 5.01 Å². The van der Waals surface area contributed by atoms with Gasteiger partial charge in [-0.25, -0.2) is 4.98 Å². The van der Waals surface area contributed by atoms with Crippen molar-refractivity contribution >= 4 is 17.0 Å². The van der Waals surface area contributed by atoms with E-state index in [1.807, 2.05) is 0 Å². The average Bonchev–Trinajstić information content (AvgIpc) is 2.85. The molecule has 1 N–H and O–H groups in total. The summed E-state index contributed by atoms with van der Waals surface area (Å²) in [7, 11) is 0. The molecular formula is C13H15N3O2S. The molecule has 0 radical (unpaired) electrons. The number of nitro groups is 1. The lowest BCUT2D eigenvalue weighted by Crippen LogP contribution is -2.21. The highest BCUT2D eigenvalue weighted by Gasteiger charge is 2.16. The van der Waals surface area contributed by atoms with Crippen LogP contribution in [0.2, 0.25) is 0 Å². The van der Waals surface area contributed by atoms with Gasteiger partial charge in [-0.1, -0.05) is 26.0 Å². The van der Waals surface area contributed by atoms with Crippen LogP contribution in [-0.4, -0.2) is 15.9 Å². The van der Waals surface area contributed by atoms with Crippen LogP contribution >= 0.6 is 11.3 Å². The zero-order chi connectivity index (χ0) is 13.8. The van der Waals surface area contributed by atoms with E-state index in [1.54, 1.807) is 24.4 Å². The molecule has 1 aromatic carbocycles. The molecular weight excluding hydrogens is 262 g/mol. The number of para-hydroxylation sites is 1. The van der Waals surface area contributed by atoms with E-state index in [0.29, 0.717) is 16.6 Å². The molecule has 5 nitrogen and oxygen atoms in total. The fraction of sp³-hybridized carbons (Fsp3) is 0.308. The standard InChI is InChI=1S/C13H15N3O2S/c1-9(2)14-7-10-8-15-13(19-10)11-5-3-4-6-12(11)16(17)18/h3-6,8-9,14H,7H2,1-2H3. The molecule has 0 aliphatic heterocycles. The van der Waals surface area contributed by atoms with Crippen LogP contribution in [0, 0.1) is 10.1 Å². The zero-order valence-electron chi connectivity index (χ0n) is 10.8. The number of benzene rings is 1. The zero-order valence-corrected chi connectivity index (χ0v) is 11.6. The van der Waals surface area contributed by atoms with E-state index in [-0.39, 0.29) is 10.6 Å². The van der Waals surface area contributed by atoms with Gasteiger partial charge in [0.2, 0.25) is 0 Å². The van der Waals surface area contributed by atoms with Crippen LogP contribution < -0.4 is 5.32 Å². The van der Waals surface area contributed by atoms with Gasteiger partial charge in [-0.3, -0.25) is 10.1 Å². The number of rotatable bonds is 5. The number of nitrogens with one attached hydrogen (secondary N) is 1. The van der Waals surface area contributed by atoms with Crippen LogP contribution in [0.5, 0.6) is 0 Å². The summed E-state index contributed by atoms with van der Waals surface area (Å²) >= 11 is 1.48. The van der Waals surface area contributed by atoms with Gasteiger partial charge in [-0.15, -0.1) is 11.3 Å². The summed E-state index contributed by atoms with van der Waals surface area (Å²) in [4.78, 5) is 16.0. The Balaban J connectivity index is 2.25. The lowest BCUT2D eigenvalue weighted by atomic mass is 10.2. The average molecular weight is 277 g/mol. The van der Waals surface area contributed by atoms with Crippen molar-refractivity contribution in [1.82, 2.24) is 10.3 Å². The van der Waals surface area contributed by atoms with Gasteiger partial charge in [-0.05, 0) is 6.07 Å². The van der Waals surface area contributed by atoms with Crippen LogP contribution in [0.15, 0.2) is 30.5 Å². The smallest absolute Gasteiger partial charge is 0.279 e. The summed E-state index contributed by atoms with van der Waals surface area (Å²) in [5.41, 5.74) is 0.675. The molecule has 0 amide bonds. The van der Waals surface area contributed by atoms with Crippen molar-refractivity contribution in [1.29, 1.82) is 0 Å². The first-order chi connectivity index (χ1) is 9.08. The molecule has 6 heteroatoms. The summed E-state index contributed by atoms with van der Waals surface area (Å²) in [5, 5.41) is 15.0. The monoisotopic (exact) mass is 277 g/mol. The van der Waals surface area contributed by atoms with Crippen molar-refractivity contribution in [2.75, 3.05) is 0 Å². The molecule has 0 aliphatic carbocycles. The van der Waals surface area contributed by atoms with Gasteiger partial charge in [0, 0.05) is 29.7 Å². The van der Waals surface area contributed by atoms with E-state index >= 15 is 0 Å². The molecule has 0 spiro atoms. The third-order valence-electron chi connectivity index (χ3n) is 2.57. The fourth-order valence-electron chi connectivity index (χ4n) is 1.63. The first-order valence-corrected chi connectivity index (χ1v) is 6.81. The van der Waals surface area contributed by atoms with Gasteiger partial charge in [0.25, 0.3) is 5.69 Å². The van der Waals surface area contributed by atoms with Crippen molar-refractivity contribution in [3.63, 3.8) is 0 Å². The van der Waals surface area contributed by atoms with Crippen LogP contribution in [0.25, 0.3) is 10.6 Å². The Labute approximate surface area is 115 Å². The largest absolute Gasteiger partial charge is 0.310 e. The molecule has 1 aromatic heterocycles. The summed E-state index contributed by atoms with van der Waals surface area (Å²) < 4.78 is 0. The summed E-state index contributed by atoms with van der Waals surface area (Å²) in [5.74, 6) is 0. The lowest BCUT2D eigenvalue weighted by molar-refractivity contribution is -0.384. The van der Waals surface area contributed by atoms with Crippen LogP contribution in [0.4, 0.5) is 5.69 Å². The molecule has 0 saturated carbocycles. The Morgan fingerprint density at radius 1 is 1.42 bits per heavy atom. The van der Waals surface area contributed by atoms with Crippen molar-refractivity contribution in [3.05, 3.63) is 45.5 Å². The Kier molecular flexibility index (Phi) is 4.24. The minimum Gasteiger partial charge on any atom is -0.310 e. The normalized spacial score (nSPS) is 10.9. The topological polar surface area (TPSA) is 68.1 Å². The molecule has 1 heterocycles. The molecule has 2 rings (SSSR count). The molecule has 0 unspecified atom stereocenters. The number of hydrogen-bond acceptors (Lipinski definition) is 5. The van der Waals surface area contributed by atoms with Crippen LogP contribution in [0.3, 0.4) is 0 Å². The van der Waals surface area contributed by atoms with Gasteiger partial charge < -0.3 is 5.32 Å². The maximum absolute atomic E-state index is 11.0. The minimum absolute atomic E-state index is 0.0974. The Morgan fingerprint density at radius 2 is 2.16 bits per heavy atom. The number of aromatic nitrogens is 1. The van der Waals surface area contributed by atoms with Gasteiger partial charge in [0.15, 0.2) is 0 Å². The first-order valence-electron chi connectivity index (χ1n) is 6.00. The summed E-state index contributed by atoms with van der Waals surface area (Å²) in [6.45, 7) is 4.88. The van der Waals surface area contributed by atoms with E-state index in [2.05, 4.69) is 24.1 Å². The highest BCUT2D eigenvalue weighted by atomic mass is 32.1. The predicted molar refractivity (Wildman–Crippen MR) is 76.2 cm³/mol. The Hall–Kier alpha value is -1.79. The molecule has 0 saturated heterocycles. The lowest BCUT2D eigenvalue weighted by Gasteiger charge is -2.04. The quantitative estimate of drug-likeness (QED) is 0.673. The molecule has 100 valence electrons. The van der Waals surface area contributed by atoms with Crippen LogP contribution in [0.1, 0.15) is 18.7 Å². The molecule has 0 fully saturated rings. The molecule has 0 atom stereocenters. The molecule has 19 heavy (non-hydrogen) atoms. The summed E-state index contributed by atoms with van der Waals surface area (Å²) in [6, 6.07) is 7.09. The van der Waals surface area contributed by atoms with Crippen molar-refractivity contribution in [2.45, 2.75) is 26.4 Å². The third kappa shape index (κ3) is 3.36. The number of nitrogens with zero attached hydrogens (tertiary/aromatic N) is 2. The summed E-state index contributed by atoms with van der Waals surface area (Å²) in [6.07, 6.45) is 1.77. The van der Waals surface area contributed by atoms with E-state index < -0.39 is 0 Å². The minimum atomic E-state index is -0.372. The second-order valence-electron chi connectivity index (χ2n) is 4.44.